The number of rotatable bonds is 4. The molecule has 106 valence electrons. The number of hydrogen-bond donors (Lipinski definition) is 7. The standard InChI is InChI=1S/C9H16O9/c10-2-4(12)6(14)7-5(13)3(11)1-9(17,18-7)8(15)16/h3-7,10-14,17H,1-2H2,(H,15,16)/t3-,4-,5-,6-,7-,9+/m1/s1. The Morgan fingerprint density at radius 3 is 2.39 bits per heavy atom. The zero-order valence-electron chi connectivity index (χ0n) is 9.25. The van der Waals surface area contributed by atoms with Gasteiger partial charge in [0.25, 0.3) is 5.79 Å². The molecule has 0 radical (unpaired) electrons. The zero-order valence-corrected chi connectivity index (χ0v) is 9.25. The zero-order chi connectivity index (χ0) is 14.1. The maximum Gasteiger partial charge on any atom is 0.364 e. The Kier molecular flexibility index (Phi) is 4.61. The fraction of sp³-hybridized carbons (Fsp3) is 0.889. The Hall–Kier alpha value is -0.810. The van der Waals surface area contributed by atoms with Crippen molar-refractivity contribution in [2.24, 2.45) is 0 Å². The molecule has 1 saturated heterocycles. The van der Waals surface area contributed by atoms with E-state index in [4.69, 9.17) is 10.2 Å². The Balaban J connectivity index is 2.92. The van der Waals surface area contributed by atoms with Crippen LogP contribution in [0.15, 0.2) is 0 Å². The summed E-state index contributed by atoms with van der Waals surface area (Å²) >= 11 is 0. The minimum absolute atomic E-state index is 0.790. The predicted molar refractivity (Wildman–Crippen MR) is 53.2 cm³/mol. The minimum Gasteiger partial charge on any atom is -0.477 e. The third kappa shape index (κ3) is 2.78. The lowest BCUT2D eigenvalue weighted by atomic mass is 9.91. The fourth-order valence-electron chi connectivity index (χ4n) is 1.70. The highest BCUT2D eigenvalue weighted by Crippen LogP contribution is 2.30. The molecule has 1 aliphatic heterocycles. The highest BCUT2D eigenvalue weighted by molar-refractivity contribution is 5.75. The molecule has 1 aliphatic rings. The Bertz CT molecular complexity index is 308. The lowest BCUT2D eigenvalue weighted by Gasteiger charge is -2.42. The molecule has 0 aromatic heterocycles. The third-order valence-corrected chi connectivity index (χ3v) is 2.80. The van der Waals surface area contributed by atoms with Crippen LogP contribution < -0.4 is 0 Å². The first-order valence-corrected chi connectivity index (χ1v) is 5.19. The smallest absolute Gasteiger partial charge is 0.364 e. The van der Waals surface area contributed by atoms with Gasteiger partial charge in [-0.05, 0) is 0 Å². The van der Waals surface area contributed by atoms with Crippen LogP contribution in [-0.2, 0) is 9.53 Å². The predicted octanol–water partition coefficient (Wildman–Crippen LogP) is -4.02. The molecular weight excluding hydrogens is 252 g/mol. The fourth-order valence-corrected chi connectivity index (χ4v) is 1.70. The van der Waals surface area contributed by atoms with Gasteiger partial charge in [0.2, 0.25) is 0 Å². The number of aliphatic hydroxyl groups excluding tert-OH is 5. The second kappa shape index (κ2) is 5.45. The number of hydrogen-bond acceptors (Lipinski definition) is 8. The van der Waals surface area contributed by atoms with E-state index in [-0.39, 0.29) is 0 Å². The second-order valence-corrected chi connectivity index (χ2v) is 4.17. The molecule has 0 spiro atoms. The maximum atomic E-state index is 10.8. The molecule has 9 nitrogen and oxygen atoms in total. The van der Waals surface area contributed by atoms with Gasteiger partial charge in [-0.15, -0.1) is 0 Å². The molecule has 1 heterocycles. The van der Waals surface area contributed by atoms with Crippen LogP contribution in [0.2, 0.25) is 0 Å². The van der Waals surface area contributed by atoms with E-state index in [1.807, 2.05) is 0 Å². The van der Waals surface area contributed by atoms with Gasteiger partial charge in [0.1, 0.15) is 24.4 Å². The van der Waals surface area contributed by atoms with Gasteiger partial charge >= 0.3 is 5.97 Å². The van der Waals surface area contributed by atoms with E-state index >= 15 is 0 Å². The summed E-state index contributed by atoms with van der Waals surface area (Å²) in [7, 11) is 0. The molecule has 0 bridgehead atoms. The van der Waals surface area contributed by atoms with Gasteiger partial charge < -0.3 is 40.5 Å². The molecule has 0 amide bonds. The van der Waals surface area contributed by atoms with E-state index in [9.17, 15) is 30.3 Å². The summed E-state index contributed by atoms with van der Waals surface area (Å²) in [6.07, 6.45) is -9.50. The van der Waals surface area contributed by atoms with Gasteiger partial charge in [-0.1, -0.05) is 0 Å². The summed E-state index contributed by atoms with van der Waals surface area (Å²) < 4.78 is 4.63. The number of carboxylic acid groups (broad SMARTS) is 1. The molecule has 9 heteroatoms. The van der Waals surface area contributed by atoms with Crippen molar-refractivity contribution >= 4 is 5.97 Å². The Labute approximate surface area is 101 Å². The van der Waals surface area contributed by atoms with E-state index in [1.54, 1.807) is 0 Å². The highest BCUT2D eigenvalue weighted by atomic mass is 16.7. The van der Waals surface area contributed by atoms with Crippen LogP contribution in [0.25, 0.3) is 0 Å². The topological polar surface area (TPSA) is 168 Å². The molecule has 0 unspecified atom stereocenters. The van der Waals surface area contributed by atoms with Gasteiger partial charge in [0.15, 0.2) is 0 Å². The van der Waals surface area contributed by atoms with Crippen LogP contribution in [0.5, 0.6) is 0 Å². The van der Waals surface area contributed by atoms with Crippen molar-refractivity contribution in [3.63, 3.8) is 0 Å². The number of ether oxygens (including phenoxy) is 1. The van der Waals surface area contributed by atoms with Crippen molar-refractivity contribution in [2.45, 2.75) is 42.7 Å². The molecule has 0 aromatic rings. The van der Waals surface area contributed by atoms with Crippen molar-refractivity contribution in [3.8, 4) is 0 Å². The average molecular weight is 268 g/mol. The maximum absolute atomic E-state index is 10.8. The lowest BCUT2D eigenvalue weighted by Crippen LogP contribution is -2.63. The van der Waals surface area contributed by atoms with Gasteiger partial charge in [0, 0.05) is 6.42 Å². The molecule has 7 N–H and O–H groups in total. The summed E-state index contributed by atoms with van der Waals surface area (Å²) in [4.78, 5) is 10.8. The summed E-state index contributed by atoms with van der Waals surface area (Å²) in [6, 6.07) is 0. The monoisotopic (exact) mass is 268 g/mol. The number of aliphatic carboxylic acids is 1. The summed E-state index contributed by atoms with van der Waals surface area (Å²) in [5.41, 5.74) is 0. The molecule has 0 aliphatic carbocycles. The largest absolute Gasteiger partial charge is 0.477 e. The van der Waals surface area contributed by atoms with Crippen molar-refractivity contribution < 1.29 is 45.3 Å². The lowest BCUT2D eigenvalue weighted by molar-refractivity contribution is -0.312. The summed E-state index contributed by atoms with van der Waals surface area (Å²) in [5, 5.41) is 64.6. The molecule has 0 saturated carbocycles. The minimum atomic E-state index is -2.78. The molecular formula is C9H16O9. The van der Waals surface area contributed by atoms with Crippen molar-refractivity contribution in [3.05, 3.63) is 0 Å². The van der Waals surface area contributed by atoms with Crippen molar-refractivity contribution in [1.82, 2.24) is 0 Å². The van der Waals surface area contributed by atoms with Gasteiger partial charge in [-0.2, -0.15) is 0 Å². The quantitative estimate of drug-likeness (QED) is 0.268. The number of carboxylic acids is 1. The Morgan fingerprint density at radius 2 is 1.94 bits per heavy atom. The molecule has 1 rings (SSSR count). The number of carbonyl (C=O) groups is 1. The SMILES string of the molecule is O=C(O)[C@]1(O)C[C@@H](O)[C@@H](O)[C@H]([C@H](O)[C@H](O)CO)O1. The summed E-state index contributed by atoms with van der Waals surface area (Å²) in [6.45, 7) is -0.866. The first-order valence-electron chi connectivity index (χ1n) is 5.19. The van der Waals surface area contributed by atoms with Gasteiger partial charge in [-0.25, -0.2) is 4.79 Å². The molecule has 6 atom stereocenters. The first kappa shape index (κ1) is 15.2. The summed E-state index contributed by atoms with van der Waals surface area (Å²) in [5.74, 6) is -4.58. The van der Waals surface area contributed by atoms with Crippen LogP contribution >= 0.6 is 0 Å². The van der Waals surface area contributed by atoms with E-state index in [0.29, 0.717) is 0 Å². The van der Waals surface area contributed by atoms with Crippen LogP contribution in [-0.4, -0.2) is 84.6 Å². The van der Waals surface area contributed by atoms with E-state index in [0.717, 1.165) is 0 Å². The van der Waals surface area contributed by atoms with Crippen LogP contribution in [0.4, 0.5) is 0 Å². The van der Waals surface area contributed by atoms with Crippen molar-refractivity contribution in [1.29, 1.82) is 0 Å². The van der Waals surface area contributed by atoms with Crippen LogP contribution in [0.3, 0.4) is 0 Å². The number of aliphatic hydroxyl groups is 6. The average Bonchev–Trinajstić information content (AvgIpc) is 2.31. The van der Waals surface area contributed by atoms with E-state index in [1.165, 1.54) is 0 Å². The molecule has 18 heavy (non-hydrogen) atoms. The van der Waals surface area contributed by atoms with E-state index in [2.05, 4.69) is 4.74 Å². The molecule has 1 fully saturated rings. The molecule has 0 aromatic carbocycles. The van der Waals surface area contributed by atoms with Crippen LogP contribution in [0.1, 0.15) is 6.42 Å². The normalized spacial score (nSPS) is 40.2. The van der Waals surface area contributed by atoms with E-state index < -0.39 is 55.3 Å². The third-order valence-electron chi connectivity index (χ3n) is 2.80. The van der Waals surface area contributed by atoms with Gasteiger partial charge in [-0.3, -0.25) is 0 Å². The highest BCUT2D eigenvalue weighted by Gasteiger charge is 2.53. The van der Waals surface area contributed by atoms with Gasteiger partial charge in [0.05, 0.1) is 12.7 Å². The van der Waals surface area contributed by atoms with Crippen molar-refractivity contribution in [2.75, 3.05) is 6.61 Å². The first-order chi connectivity index (χ1) is 8.23. The second-order valence-electron chi connectivity index (χ2n) is 4.17. The Morgan fingerprint density at radius 1 is 1.39 bits per heavy atom. The van der Waals surface area contributed by atoms with Crippen LogP contribution in [0, 0.1) is 0 Å².